The second-order valence-corrected chi connectivity index (χ2v) is 6.26. The van der Waals surface area contributed by atoms with Crippen LogP contribution >= 0.6 is 0 Å². The first-order chi connectivity index (χ1) is 12.3. The van der Waals surface area contributed by atoms with Gasteiger partial charge in [0.2, 0.25) is 0 Å². The highest BCUT2D eigenvalue weighted by molar-refractivity contribution is 5.67. The van der Waals surface area contributed by atoms with Crippen molar-refractivity contribution in [3.8, 4) is 0 Å². The average Bonchev–Trinajstić information content (AvgIpc) is 2.66. The molecule has 0 amide bonds. The predicted molar refractivity (Wildman–Crippen MR) is 100 cm³/mol. The molecule has 25 heavy (non-hydrogen) atoms. The monoisotopic (exact) mass is 331 g/mol. The molecule has 1 aliphatic rings. The molecule has 0 bridgehead atoms. The van der Waals surface area contributed by atoms with E-state index < -0.39 is 0 Å². The molecule has 3 aromatic rings. The highest BCUT2D eigenvalue weighted by Crippen LogP contribution is 2.32. The first-order valence-electron chi connectivity index (χ1n) is 8.63. The van der Waals surface area contributed by atoms with Crippen molar-refractivity contribution in [1.29, 1.82) is 0 Å². The molecule has 0 spiro atoms. The van der Waals surface area contributed by atoms with Gasteiger partial charge in [-0.3, -0.25) is 4.98 Å². The Balaban J connectivity index is 1.60. The molecule has 0 saturated carbocycles. The second-order valence-electron chi connectivity index (χ2n) is 6.26. The molecular formula is C20H21N5. The van der Waals surface area contributed by atoms with Gasteiger partial charge < -0.3 is 10.2 Å². The summed E-state index contributed by atoms with van der Waals surface area (Å²) in [6.45, 7) is 3.62. The highest BCUT2D eigenvalue weighted by atomic mass is 15.2. The average molecular weight is 331 g/mol. The lowest BCUT2D eigenvalue weighted by Gasteiger charge is -2.30. The number of pyridine rings is 1. The van der Waals surface area contributed by atoms with E-state index in [1.54, 1.807) is 6.20 Å². The highest BCUT2D eigenvalue weighted by Gasteiger charge is 2.19. The van der Waals surface area contributed by atoms with E-state index in [0.29, 0.717) is 6.54 Å². The molecule has 2 aromatic heterocycles. The summed E-state index contributed by atoms with van der Waals surface area (Å²) < 4.78 is 0. The Labute approximate surface area is 147 Å². The minimum atomic E-state index is 0.695. The van der Waals surface area contributed by atoms with E-state index in [1.165, 1.54) is 11.3 Å². The van der Waals surface area contributed by atoms with Crippen LogP contribution in [0.4, 0.5) is 17.3 Å². The lowest BCUT2D eigenvalue weighted by atomic mass is 10.0. The molecule has 0 saturated heterocycles. The van der Waals surface area contributed by atoms with Crippen molar-refractivity contribution in [3.63, 3.8) is 0 Å². The SMILES string of the molecule is Cc1nc(NCc2cccnc2)cc(N2CCCc3ccccc32)n1. The normalized spacial score (nSPS) is 13.4. The fraction of sp³-hybridized carbons (Fsp3) is 0.250. The van der Waals surface area contributed by atoms with Gasteiger partial charge in [-0.2, -0.15) is 0 Å². The molecule has 0 atom stereocenters. The molecule has 5 heteroatoms. The van der Waals surface area contributed by atoms with Crippen LogP contribution in [0.25, 0.3) is 0 Å². The summed E-state index contributed by atoms with van der Waals surface area (Å²) in [5.41, 5.74) is 3.77. The summed E-state index contributed by atoms with van der Waals surface area (Å²) in [5, 5.41) is 3.39. The van der Waals surface area contributed by atoms with Gasteiger partial charge in [0.05, 0.1) is 0 Å². The number of benzene rings is 1. The smallest absolute Gasteiger partial charge is 0.138 e. The van der Waals surface area contributed by atoms with E-state index in [0.717, 1.165) is 42.4 Å². The summed E-state index contributed by atoms with van der Waals surface area (Å²) >= 11 is 0. The Hall–Kier alpha value is -2.95. The third-order valence-electron chi connectivity index (χ3n) is 4.41. The zero-order valence-corrected chi connectivity index (χ0v) is 14.3. The maximum Gasteiger partial charge on any atom is 0.138 e. The first-order valence-corrected chi connectivity index (χ1v) is 8.63. The molecule has 0 radical (unpaired) electrons. The van der Waals surface area contributed by atoms with Crippen LogP contribution in [0, 0.1) is 6.92 Å². The van der Waals surface area contributed by atoms with Crippen molar-refractivity contribution in [3.05, 3.63) is 71.8 Å². The standard InChI is InChI=1S/C20H21N5/c1-15-23-19(22-14-16-6-4-10-21-13-16)12-20(24-15)25-11-5-8-17-7-2-3-9-18(17)25/h2-4,6-7,9-10,12-13H,5,8,11,14H2,1H3,(H,22,23,24). The van der Waals surface area contributed by atoms with Gasteiger partial charge in [-0.25, -0.2) is 9.97 Å². The zero-order valence-electron chi connectivity index (χ0n) is 14.3. The van der Waals surface area contributed by atoms with Crippen LogP contribution in [0.1, 0.15) is 23.4 Å². The number of hydrogen-bond acceptors (Lipinski definition) is 5. The first kappa shape index (κ1) is 15.6. The lowest BCUT2D eigenvalue weighted by Crippen LogP contribution is -2.25. The van der Waals surface area contributed by atoms with Gasteiger partial charge in [0.1, 0.15) is 17.5 Å². The van der Waals surface area contributed by atoms with Gasteiger partial charge >= 0.3 is 0 Å². The molecular weight excluding hydrogens is 310 g/mol. The number of aromatic nitrogens is 3. The summed E-state index contributed by atoms with van der Waals surface area (Å²) in [6.07, 6.45) is 5.91. The summed E-state index contributed by atoms with van der Waals surface area (Å²) in [4.78, 5) is 15.6. The van der Waals surface area contributed by atoms with Crippen LogP contribution in [0.2, 0.25) is 0 Å². The van der Waals surface area contributed by atoms with Crippen molar-refractivity contribution >= 4 is 17.3 Å². The van der Waals surface area contributed by atoms with E-state index in [9.17, 15) is 0 Å². The number of aryl methyl sites for hydroxylation is 2. The van der Waals surface area contributed by atoms with E-state index in [2.05, 4.69) is 55.5 Å². The second kappa shape index (κ2) is 6.89. The third-order valence-corrected chi connectivity index (χ3v) is 4.41. The molecule has 0 fully saturated rings. The number of nitrogens with one attached hydrogen (secondary N) is 1. The van der Waals surface area contributed by atoms with Crippen LogP contribution in [0.5, 0.6) is 0 Å². The summed E-state index contributed by atoms with van der Waals surface area (Å²) in [6, 6.07) is 14.6. The van der Waals surface area contributed by atoms with Crippen LogP contribution in [0.15, 0.2) is 54.9 Å². The topological polar surface area (TPSA) is 53.9 Å². The Morgan fingerprint density at radius 1 is 1.12 bits per heavy atom. The van der Waals surface area contributed by atoms with Crippen LogP contribution in [-0.2, 0) is 13.0 Å². The maximum absolute atomic E-state index is 4.67. The summed E-state index contributed by atoms with van der Waals surface area (Å²) in [5.74, 6) is 2.57. The molecule has 4 rings (SSSR count). The minimum Gasteiger partial charge on any atom is -0.366 e. The molecule has 5 nitrogen and oxygen atoms in total. The number of anilines is 3. The van der Waals surface area contributed by atoms with Crippen molar-refractivity contribution in [1.82, 2.24) is 15.0 Å². The van der Waals surface area contributed by atoms with Crippen LogP contribution < -0.4 is 10.2 Å². The van der Waals surface area contributed by atoms with Crippen LogP contribution in [-0.4, -0.2) is 21.5 Å². The number of nitrogens with zero attached hydrogens (tertiary/aromatic N) is 4. The molecule has 1 aromatic carbocycles. The predicted octanol–water partition coefficient (Wildman–Crippen LogP) is 3.88. The van der Waals surface area contributed by atoms with E-state index in [1.807, 2.05) is 25.3 Å². The van der Waals surface area contributed by atoms with Gasteiger partial charge in [-0.1, -0.05) is 24.3 Å². The number of para-hydroxylation sites is 1. The maximum atomic E-state index is 4.67. The summed E-state index contributed by atoms with van der Waals surface area (Å²) in [7, 11) is 0. The molecule has 1 aliphatic heterocycles. The Morgan fingerprint density at radius 3 is 2.92 bits per heavy atom. The number of fused-ring (bicyclic) bond motifs is 1. The molecule has 0 unspecified atom stereocenters. The quantitative estimate of drug-likeness (QED) is 0.786. The fourth-order valence-corrected chi connectivity index (χ4v) is 3.25. The molecule has 3 heterocycles. The number of rotatable bonds is 4. The Morgan fingerprint density at radius 2 is 2.04 bits per heavy atom. The van der Waals surface area contributed by atoms with Gasteiger partial charge in [-0.05, 0) is 43.0 Å². The van der Waals surface area contributed by atoms with Crippen molar-refractivity contribution in [2.24, 2.45) is 0 Å². The Kier molecular flexibility index (Phi) is 4.29. The zero-order chi connectivity index (χ0) is 17.1. The largest absolute Gasteiger partial charge is 0.366 e. The van der Waals surface area contributed by atoms with Gasteiger partial charge in [-0.15, -0.1) is 0 Å². The van der Waals surface area contributed by atoms with Crippen LogP contribution in [0.3, 0.4) is 0 Å². The molecule has 126 valence electrons. The van der Waals surface area contributed by atoms with E-state index >= 15 is 0 Å². The van der Waals surface area contributed by atoms with E-state index in [4.69, 9.17) is 0 Å². The van der Waals surface area contributed by atoms with Gasteiger partial charge in [0.15, 0.2) is 0 Å². The van der Waals surface area contributed by atoms with Gasteiger partial charge in [0, 0.05) is 37.2 Å². The van der Waals surface area contributed by atoms with Crippen molar-refractivity contribution in [2.75, 3.05) is 16.8 Å². The fourth-order valence-electron chi connectivity index (χ4n) is 3.25. The molecule has 1 N–H and O–H groups in total. The Bertz CT molecular complexity index is 863. The minimum absolute atomic E-state index is 0.695. The van der Waals surface area contributed by atoms with Gasteiger partial charge in [0.25, 0.3) is 0 Å². The van der Waals surface area contributed by atoms with Crippen molar-refractivity contribution < 1.29 is 0 Å². The number of hydrogen-bond donors (Lipinski definition) is 1. The molecule has 0 aliphatic carbocycles. The third kappa shape index (κ3) is 3.45. The van der Waals surface area contributed by atoms with Crippen molar-refractivity contribution in [2.45, 2.75) is 26.3 Å². The van der Waals surface area contributed by atoms with E-state index in [-0.39, 0.29) is 0 Å². The lowest BCUT2D eigenvalue weighted by molar-refractivity contribution is 0.756.